The zero-order valence-corrected chi connectivity index (χ0v) is 12.0. The summed E-state index contributed by atoms with van der Waals surface area (Å²) in [6.07, 6.45) is -0.801. The van der Waals surface area contributed by atoms with Crippen molar-refractivity contribution in [2.75, 3.05) is 19.7 Å². The SMILES string of the molecule is O=C(O)[C@@H]1CN(C(=O)Cc2ccc(Cl)c(Cl)c2)CCO1. The van der Waals surface area contributed by atoms with E-state index in [-0.39, 0.29) is 25.5 Å². The lowest BCUT2D eigenvalue weighted by molar-refractivity contribution is -0.159. The van der Waals surface area contributed by atoms with E-state index in [2.05, 4.69) is 0 Å². The first kappa shape index (κ1) is 15.1. The van der Waals surface area contributed by atoms with Gasteiger partial charge in [0, 0.05) is 6.54 Å². The molecule has 1 saturated heterocycles. The fourth-order valence-corrected chi connectivity index (χ4v) is 2.28. The third kappa shape index (κ3) is 3.62. The molecule has 1 aliphatic rings. The minimum absolute atomic E-state index is 0.0650. The van der Waals surface area contributed by atoms with Gasteiger partial charge in [-0.3, -0.25) is 4.79 Å². The molecule has 5 nitrogen and oxygen atoms in total. The third-order valence-corrected chi connectivity index (χ3v) is 3.77. The lowest BCUT2D eigenvalue weighted by atomic mass is 10.1. The average Bonchev–Trinajstić information content (AvgIpc) is 2.43. The Hall–Kier alpha value is -1.30. The van der Waals surface area contributed by atoms with Gasteiger partial charge in [-0.05, 0) is 17.7 Å². The van der Waals surface area contributed by atoms with E-state index in [9.17, 15) is 9.59 Å². The number of ether oxygens (including phenoxy) is 1. The maximum atomic E-state index is 12.1. The van der Waals surface area contributed by atoms with Crippen LogP contribution in [0.3, 0.4) is 0 Å². The number of carbonyl (C=O) groups excluding carboxylic acids is 1. The van der Waals surface area contributed by atoms with E-state index < -0.39 is 12.1 Å². The van der Waals surface area contributed by atoms with Crippen LogP contribution in [0.1, 0.15) is 5.56 Å². The van der Waals surface area contributed by atoms with Gasteiger partial charge in [0.05, 0.1) is 29.6 Å². The fourth-order valence-electron chi connectivity index (χ4n) is 1.96. The molecule has 1 aliphatic heterocycles. The smallest absolute Gasteiger partial charge is 0.334 e. The second-order valence-corrected chi connectivity index (χ2v) is 5.28. The van der Waals surface area contributed by atoms with Crippen molar-refractivity contribution in [2.45, 2.75) is 12.5 Å². The van der Waals surface area contributed by atoms with Crippen molar-refractivity contribution < 1.29 is 19.4 Å². The molecule has 20 heavy (non-hydrogen) atoms. The standard InChI is InChI=1S/C13H13Cl2NO4/c14-9-2-1-8(5-10(9)15)6-12(17)16-3-4-20-11(7-16)13(18)19/h1-2,5,11H,3-4,6-7H2,(H,18,19)/t11-/m0/s1. The van der Waals surface area contributed by atoms with Gasteiger partial charge in [0.2, 0.25) is 5.91 Å². The minimum atomic E-state index is -1.06. The Morgan fingerprint density at radius 3 is 2.75 bits per heavy atom. The first-order valence-corrected chi connectivity index (χ1v) is 6.79. The number of amides is 1. The number of rotatable bonds is 3. The van der Waals surface area contributed by atoms with E-state index in [0.717, 1.165) is 5.56 Å². The summed E-state index contributed by atoms with van der Waals surface area (Å²) >= 11 is 11.7. The molecular formula is C13H13Cl2NO4. The zero-order chi connectivity index (χ0) is 14.7. The number of hydrogen-bond donors (Lipinski definition) is 1. The molecule has 0 aromatic heterocycles. The summed E-state index contributed by atoms with van der Waals surface area (Å²) in [5.41, 5.74) is 0.739. The van der Waals surface area contributed by atoms with Crippen molar-refractivity contribution in [3.63, 3.8) is 0 Å². The van der Waals surface area contributed by atoms with E-state index >= 15 is 0 Å². The van der Waals surface area contributed by atoms with Gasteiger partial charge in [0.25, 0.3) is 0 Å². The van der Waals surface area contributed by atoms with E-state index in [0.29, 0.717) is 16.6 Å². The Morgan fingerprint density at radius 2 is 2.10 bits per heavy atom. The van der Waals surface area contributed by atoms with Crippen LogP contribution < -0.4 is 0 Å². The molecule has 1 atom stereocenters. The molecule has 0 saturated carbocycles. The number of carboxylic acid groups (broad SMARTS) is 1. The Morgan fingerprint density at radius 1 is 1.35 bits per heavy atom. The Balaban J connectivity index is 2.00. The molecule has 1 amide bonds. The lowest BCUT2D eigenvalue weighted by Crippen LogP contribution is -2.49. The summed E-state index contributed by atoms with van der Waals surface area (Å²) in [4.78, 5) is 24.5. The Kier molecular flexibility index (Phi) is 4.86. The van der Waals surface area contributed by atoms with Crippen LogP contribution >= 0.6 is 23.2 Å². The molecule has 1 fully saturated rings. The molecule has 0 unspecified atom stereocenters. The highest BCUT2D eigenvalue weighted by molar-refractivity contribution is 6.42. The summed E-state index contributed by atoms with van der Waals surface area (Å²) in [5, 5.41) is 9.72. The Labute approximate surface area is 126 Å². The fraction of sp³-hybridized carbons (Fsp3) is 0.385. The predicted molar refractivity (Wildman–Crippen MR) is 74.1 cm³/mol. The van der Waals surface area contributed by atoms with Crippen molar-refractivity contribution in [2.24, 2.45) is 0 Å². The van der Waals surface area contributed by atoms with Gasteiger partial charge in [-0.2, -0.15) is 0 Å². The first-order chi connectivity index (χ1) is 9.47. The van der Waals surface area contributed by atoms with Crippen LogP contribution in [0.15, 0.2) is 18.2 Å². The number of morpholine rings is 1. The molecule has 7 heteroatoms. The van der Waals surface area contributed by atoms with E-state index in [1.54, 1.807) is 18.2 Å². The molecule has 1 aromatic carbocycles. The number of carbonyl (C=O) groups is 2. The van der Waals surface area contributed by atoms with Crippen LogP contribution in [-0.2, 0) is 20.7 Å². The van der Waals surface area contributed by atoms with Gasteiger partial charge in [-0.25, -0.2) is 4.79 Å². The monoisotopic (exact) mass is 317 g/mol. The van der Waals surface area contributed by atoms with Crippen LogP contribution in [0.5, 0.6) is 0 Å². The second kappa shape index (κ2) is 6.43. The average molecular weight is 318 g/mol. The minimum Gasteiger partial charge on any atom is -0.479 e. The summed E-state index contributed by atoms with van der Waals surface area (Å²) < 4.78 is 5.07. The molecule has 0 radical (unpaired) electrons. The van der Waals surface area contributed by atoms with Gasteiger partial charge in [0.1, 0.15) is 0 Å². The number of nitrogens with zero attached hydrogens (tertiary/aromatic N) is 1. The second-order valence-electron chi connectivity index (χ2n) is 4.46. The number of benzene rings is 1. The van der Waals surface area contributed by atoms with Crippen molar-refractivity contribution >= 4 is 35.1 Å². The molecule has 1 N–H and O–H groups in total. The number of halogens is 2. The van der Waals surface area contributed by atoms with E-state index in [4.69, 9.17) is 33.0 Å². The van der Waals surface area contributed by atoms with Crippen LogP contribution in [0.4, 0.5) is 0 Å². The largest absolute Gasteiger partial charge is 0.479 e. The maximum Gasteiger partial charge on any atom is 0.334 e. The summed E-state index contributed by atoms with van der Waals surface area (Å²) in [5.74, 6) is -1.21. The molecule has 2 rings (SSSR count). The van der Waals surface area contributed by atoms with Crippen molar-refractivity contribution in [3.8, 4) is 0 Å². The van der Waals surface area contributed by atoms with Gasteiger partial charge in [-0.1, -0.05) is 29.3 Å². The van der Waals surface area contributed by atoms with Crippen LogP contribution in [0.2, 0.25) is 10.0 Å². The normalized spacial score (nSPS) is 18.9. The van der Waals surface area contributed by atoms with Crippen molar-refractivity contribution in [1.82, 2.24) is 4.90 Å². The van der Waals surface area contributed by atoms with Gasteiger partial charge in [-0.15, -0.1) is 0 Å². The highest BCUT2D eigenvalue weighted by Crippen LogP contribution is 2.23. The van der Waals surface area contributed by atoms with Crippen LogP contribution in [0.25, 0.3) is 0 Å². The van der Waals surface area contributed by atoms with Crippen molar-refractivity contribution in [1.29, 1.82) is 0 Å². The topological polar surface area (TPSA) is 66.8 Å². The zero-order valence-electron chi connectivity index (χ0n) is 10.5. The van der Waals surface area contributed by atoms with Crippen LogP contribution in [-0.4, -0.2) is 47.7 Å². The maximum absolute atomic E-state index is 12.1. The number of aliphatic carboxylic acids is 1. The highest BCUT2D eigenvalue weighted by atomic mass is 35.5. The first-order valence-electron chi connectivity index (χ1n) is 6.03. The summed E-state index contributed by atoms with van der Waals surface area (Å²) in [7, 11) is 0. The van der Waals surface area contributed by atoms with Gasteiger partial charge < -0.3 is 14.7 Å². The quantitative estimate of drug-likeness (QED) is 0.923. The Bertz CT molecular complexity index is 535. The molecule has 1 aromatic rings. The molecule has 0 aliphatic carbocycles. The van der Waals surface area contributed by atoms with Gasteiger partial charge in [0.15, 0.2) is 6.10 Å². The van der Waals surface area contributed by atoms with Gasteiger partial charge >= 0.3 is 5.97 Å². The number of carboxylic acids is 1. The highest BCUT2D eigenvalue weighted by Gasteiger charge is 2.28. The molecule has 0 bridgehead atoms. The van der Waals surface area contributed by atoms with Crippen LogP contribution in [0, 0.1) is 0 Å². The van der Waals surface area contributed by atoms with E-state index in [1.165, 1.54) is 4.90 Å². The van der Waals surface area contributed by atoms with Crippen molar-refractivity contribution in [3.05, 3.63) is 33.8 Å². The lowest BCUT2D eigenvalue weighted by Gasteiger charge is -2.31. The third-order valence-electron chi connectivity index (χ3n) is 3.03. The molecular weight excluding hydrogens is 305 g/mol. The predicted octanol–water partition coefficient (Wildman–Crippen LogP) is 1.85. The summed E-state index contributed by atoms with van der Waals surface area (Å²) in [6.45, 7) is 0.684. The number of hydrogen-bond acceptors (Lipinski definition) is 3. The summed E-state index contributed by atoms with van der Waals surface area (Å²) in [6, 6.07) is 4.99. The van der Waals surface area contributed by atoms with E-state index in [1.807, 2.05) is 0 Å². The molecule has 1 heterocycles. The molecule has 108 valence electrons. The molecule has 0 spiro atoms.